The SMILES string of the molecule is COc1cccc(C(O)c2cc(O)ccc2N)c1. The zero-order valence-corrected chi connectivity index (χ0v) is 10.00. The molecule has 18 heavy (non-hydrogen) atoms. The molecular formula is C14H15NO3. The van der Waals surface area contributed by atoms with E-state index in [2.05, 4.69) is 0 Å². The highest BCUT2D eigenvalue weighted by Crippen LogP contribution is 2.30. The number of nitrogen functional groups attached to an aromatic ring is 1. The second-order valence-electron chi connectivity index (χ2n) is 3.99. The van der Waals surface area contributed by atoms with Gasteiger partial charge in [0.2, 0.25) is 0 Å². The van der Waals surface area contributed by atoms with Gasteiger partial charge >= 0.3 is 0 Å². The summed E-state index contributed by atoms with van der Waals surface area (Å²) in [5, 5.41) is 19.7. The monoisotopic (exact) mass is 245 g/mol. The van der Waals surface area contributed by atoms with Gasteiger partial charge in [-0.25, -0.2) is 0 Å². The number of rotatable bonds is 3. The van der Waals surface area contributed by atoms with E-state index in [1.54, 1.807) is 37.4 Å². The molecule has 0 aliphatic rings. The summed E-state index contributed by atoms with van der Waals surface area (Å²) in [5.74, 6) is 0.728. The summed E-state index contributed by atoms with van der Waals surface area (Å²) in [4.78, 5) is 0. The van der Waals surface area contributed by atoms with Crippen molar-refractivity contribution in [1.29, 1.82) is 0 Å². The fourth-order valence-corrected chi connectivity index (χ4v) is 1.79. The van der Waals surface area contributed by atoms with Crippen LogP contribution in [0.3, 0.4) is 0 Å². The normalized spacial score (nSPS) is 12.1. The average molecular weight is 245 g/mol. The summed E-state index contributed by atoms with van der Waals surface area (Å²) in [5.41, 5.74) is 7.36. The Morgan fingerprint density at radius 2 is 1.94 bits per heavy atom. The maximum Gasteiger partial charge on any atom is 0.119 e. The van der Waals surface area contributed by atoms with Crippen LogP contribution in [-0.4, -0.2) is 17.3 Å². The van der Waals surface area contributed by atoms with Crippen molar-refractivity contribution in [2.75, 3.05) is 12.8 Å². The zero-order valence-electron chi connectivity index (χ0n) is 10.00. The lowest BCUT2D eigenvalue weighted by molar-refractivity contribution is 0.220. The maximum absolute atomic E-state index is 10.3. The molecule has 4 heteroatoms. The molecule has 0 radical (unpaired) electrons. The highest BCUT2D eigenvalue weighted by atomic mass is 16.5. The molecule has 4 N–H and O–H groups in total. The molecule has 0 saturated heterocycles. The Labute approximate surface area is 105 Å². The summed E-state index contributed by atoms with van der Waals surface area (Å²) in [6.07, 6.45) is -0.896. The Hall–Kier alpha value is -2.20. The number of anilines is 1. The molecule has 2 aromatic carbocycles. The topological polar surface area (TPSA) is 75.7 Å². The number of aliphatic hydroxyl groups excluding tert-OH is 1. The van der Waals surface area contributed by atoms with Gasteiger partial charge in [0, 0.05) is 11.3 Å². The lowest BCUT2D eigenvalue weighted by atomic mass is 9.99. The van der Waals surface area contributed by atoms with Gasteiger partial charge in [-0.2, -0.15) is 0 Å². The van der Waals surface area contributed by atoms with E-state index in [0.29, 0.717) is 22.6 Å². The molecule has 0 fully saturated rings. The Kier molecular flexibility index (Phi) is 3.39. The first-order chi connectivity index (χ1) is 8.61. The zero-order chi connectivity index (χ0) is 13.1. The summed E-state index contributed by atoms with van der Waals surface area (Å²) in [7, 11) is 1.56. The minimum Gasteiger partial charge on any atom is -0.508 e. The number of hydrogen-bond donors (Lipinski definition) is 3. The highest BCUT2D eigenvalue weighted by molar-refractivity contribution is 5.53. The van der Waals surface area contributed by atoms with Gasteiger partial charge in [-0.05, 0) is 35.9 Å². The van der Waals surface area contributed by atoms with Crippen molar-refractivity contribution in [3.63, 3.8) is 0 Å². The van der Waals surface area contributed by atoms with Crippen LogP contribution in [0.1, 0.15) is 17.2 Å². The van der Waals surface area contributed by atoms with Crippen molar-refractivity contribution in [3.05, 3.63) is 53.6 Å². The fourth-order valence-electron chi connectivity index (χ4n) is 1.79. The lowest BCUT2D eigenvalue weighted by Crippen LogP contribution is -2.03. The quantitative estimate of drug-likeness (QED) is 0.571. The summed E-state index contributed by atoms with van der Waals surface area (Å²) in [6.45, 7) is 0. The number of aliphatic hydroxyl groups is 1. The van der Waals surface area contributed by atoms with Gasteiger partial charge in [0.25, 0.3) is 0 Å². The van der Waals surface area contributed by atoms with Crippen LogP contribution in [0.4, 0.5) is 5.69 Å². The Balaban J connectivity index is 2.40. The Morgan fingerprint density at radius 3 is 2.67 bits per heavy atom. The molecular weight excluding hydrogens is 230 g/mol. The van der Waals surface area contributed by atoms with Crippen LogP contribution in [0.5, 0.6) is 11.5 Å². The average Bonchev–Trinajstić information content (AvgIpc) is 2.41. The third-order valence-electron chi connectivity index (χ3n) is 2.77. The van der Waals surface area contributed by atoms with Crippen molar-refractivity contribution in [1.82, 2.24) is 0 Å². The van der Waals surface area contributed by atoms with E-state index in [-0.39, 0.29) is 5.75 Å². The molecule has 2 rings (SSSR count). The second kappa shape index (κ2) is 4.98. The van der Waals surface area contributed by atoms with Crippen LogP contribution in [0.2, 0.25) is 0 Å². The number of hydrogen-bond acceptors (Lipinski definition) is 4. The van der Waals surface area contributed by atoms with Crippen LogP contribution < -0.4 is 10.5 Å². The molecule has 0 aliphatic carbocycles. The summed E-state index contributed by atoms with van der Waals surface area (Å²) < 4.78 is 5.10. The number of ether oxygens (including phenoxy) is 1. The van der Waals surface area contributed by atoms with Crippen molar-refractivity contribution in [2.24, 2.45) is 0 Å². The van der Waals surface area contributed by atoms with E-state index >= 15 is 0 Å². The van der Waals surface area contributed by atoms with Gasteiger partial charge in [0.05, 0.1) is 7.11 Å². The van der Waals surface area contributed by atoms with E-state index in [1.807, 2.05) is 0 Å². The van der Waals surface area contributed by atoms with Crippen LogP contribution in [-0.2, 0) is 0 Å². The van der Waals surface area contributed by atoms with E-state index in [9.17, 15) is 10.2 Å². The van der Waals surface area contributed by atoms with E-state index in [1.165, 1.54) is 12.1 Å². The molecule has 1 atom stereocenters. The summed E-state index contributed by atoms with van der Waals surface area (Å²) >= 11 is 0. The van der Waals surface area contributed by atoms with E-state index < -0.39 is 6.10 Å². The predicted molar refractivity (Wildman–Crippen MR) is 69.6 cm³/mol. The number of phenols is 1. The Morgan fingerprint density at radius 1 is 1.17 bits per heavy atom. The van der Waals surface area contributed by atoms with Crippen molar-refractivity contribution >= 4 is 5.69 Å². The van der Waals surface area contributed by atoms with Crippen LogP contribution >= 0.6 is 0 Å². The molecule has 0 spiro atoms. The standard InChI is InChI=1S/C14H15NO3/c1-18-11-4-2-3-9(7-11)14(17)12-8-10(16)5-6-13(12)15/h2-8,14,16-17H,15H2,1H3. The summed E-state index contributed by atoms with van der Waals surface area (Å²) in [6, 6.07) is 11.6. The van der Waals surface area contributed by atoms with Crippen molar-refractivity contribution in [3.8, 4) is 11.5 Å². The molecule has 2 aromatic rings. The lowest BCUT2D eigenvalue weighted by Gasteiger charge is -2.15. The number of nitrogens with two attached hydrogens (primary N) is 1. The molecule has 0 bridgehead atoms. The number of aromatic hydroxyl groups is 1. The van der Waals surface area contributed by atoms with E-state index in [4.69, 9.17) is 10.5 Å². The van der Waals surface area contributed by atoms with Gasteiger partial charge < -0.3 is 20.7 Å². The minimum atomic E-state index is -0.896. The number of benzene rings is 2. The molecule has 0 aromatic heterocycles. The first-order valence-electron chi connectivity index (χ1n) is 5.52. The smallest absolute Gasteiger partial charge is 0.119 e. The fraction of sp³-hybridized carbons (Fsp3) is 0.143. The largest absolute Gasteiger partial charge is 0.508 e. The Bertz CT molecular complexity index is 554. The molecule has 0 aliphatic heterocycles. The van der Waals surface area contributed by atoms with Crippen molar-refractivity contribution in [2.45, 2.75) is 6.10 Å². The molecule has 94 valence electrons. The molecule has 0 heterocycles. The van der Waals surface area contributed by atoms with Crippen molar-refractivity contribution < 1.29 is 14.9 Å². The highest BCUT2D eigenvalue weighted by Gasteiger charge is 2.14. The van der Waals surface area contributed by atoms with Crippen LogP contribution in [0.25, 0.3) is 0 Å². The van der Waals surface area contributed by atoms with Gasteiger partial charge in [0.1, 0.15) is 17.6 Å². The maximum atomic E-state index is 10.3. The first-order valence-corrected chi connectivity index (χ1v) is 5.52. The predicted octanol–water partition coefficient (Wildman–Crippen LogP) is 2.06. The third kappa shape index (κ3) is 2.38. The first kappa shape index (κ1) is 12.3. The molecule has 1 unspecified atom stereocenters. The number of methoxy groups -OCH3 is 1. The molecule has 4 nitrogen and oxygen atoms in total. The van der Waals surface area contributed by atoms with Crippen LogP contribution in [0, 0.1) is 0 Å². The minimum absolute atomic E-state index is 0.0705. The molecule has 0 amide bonds. The third-order valence-corrected chi connectivity index (χ3v) is 2.77. The van der Waals surface area contributed by atoms with Gasteiger partial charge in [-0.3, -0.25) is 0 Å². The number of phenolic OH excluding ortho intramolecular Hbond substituents is 1. The van der Waals surface area contributed by atoms with E-state index in [0.717, 1.165) is 0 Å². The molecule has 0 saturated carbocycles. The van der Waals surface area contributed by atoms with Crippen LogP contribution in [0.15, 0.2) is 42.5 Å². The van der Waals surface area contributed by atoms with Gasteiger partial charge in [0.15, 0.2) is 0 Å². The second-order valence-corrected chi connectivity index (χ2v) is 3.99. The van der Waals surface area contributed by atoms with Gasteiger partial charge in [-0.1, -0.05) is 12.1 Å². The van der Waals surface area contributed by atoms with Gasteiger partial charge in [-0.15, -0.1) is 0 Å².